The van der Waals surface area contributed by atoms with Crippen molar-refractivity contribution in [1.29, 1.82) is 0 Å². The zero-order valence-electron chi connectivity index (χ0n) is 13.9. The van der Waals surface area contributed by atoms with Crippen LogP contribution in [0.5, 0.6) is 0 Å². The summed E-state index contributed by atoms with van der Waals surface area (Å²) in [6, 6.07) is 9.11. The Balaban J connectivity index is 1.80. The second kappa shape index (κ2) is 8.40. The van der Waals surface area contributed by atoms with Gasteiger partial charge in [0.2, 0.25) is 0 Å². The normalized spacial score (nSPS) is 16.7. The molecule has 1 aliphatic heterocycles. The van der Waals surface area contributed by atoms with Crippen LogP contribution in [0.2, 0.25) is 0 Å². The third-order valence-electron chi connectivity index (χ3n) is 4.30. The van der Waals surface area contributed by atoms with E-state index < -0.39 is 0 Å². The number of piperidine rings is 1. The molecule has 1 aliphatic rings. The number of nitrogens with one attached hydrogen (secondary N) is 1. The summed E-state index contributed by atoms with van der Waals surface area (Å²) < 4.78 is 0. The van der Waals surface area contributed by atoms with Crippen LogP contribution in [0.4, 0.5) is 5.69 Å². The van der Waals surface area contributed by atoms with Crippen LogP contribution in [0.25, 0.3) is 0 Å². The molecule has 2 rings (SSSR count). The van der Waals surface area contributed by atoms with Crippen molar-refractivity contribution in [3.63, 3.8) is 0 Å². The van der Waals surface area contributed by atoms with Gasteiger partial charge in [0.25, 0.3) is 0 Å². The molecule has 0 unspecified atom stereocenters. The van der Waals surface area contributed by atoms with Crippen molar-refractivity contribution in [2.45, 2.75) is 32.7 Å². The second-order valence-corrected chi connectivity index (χ2v) is 6.54. The molecule has 1 N–H and O–H groups in total. The summed E-state index contributed by atoms with van der Waals surface area (Å²) in [5.74, 6) is 0.869. The highest BCUT2D eigenvalue weighted by Crippen LogP contribution is 2.23. The van der Waals surface area contributed by atoms with Crippen LogP contribution in [0.1, 0.15) is 31.7 Å². The lowest BCUT2D eigenvalue weighted by Gasteiger charge is -2.34. The fourth-order valence-electron chi connectivity index (χ4n) is 3.12. The first-order chi connectivity index (χ1) is 10.2. The largest absolute Gasteiger partial charge is 0.372 e. The Kier molecular flexibility index (Phi) is 6.52. The van der Waals surface area contributed by atoms with Crippen LogP contribution in [-0.2, 0) is 6.54 Å². The SMILES string of the molecule is CCCNCc1ccc(N2CCC(CN(C)C)CC2)cc1. The number of benzene rings is 1. The van der Waals surface area contributed by atoms with Crippen LogP contribution in [-0.4, -0.2) is 45.2 Å². The molecule has 1 aromatic carbocycles. The van der Waals surface area contributed by atoms with E-state index in [0.29, 0.717) is 0 Å². The van der Waals surface area contributed by atoms with Crippen LogP contribution in [0.3, 0.4) is 0 Å². The molecule has 1 heterocycles. The van der Waals surface area contributed by atoms with Crippen molar-refractivity contribution in [3.8, 4) is 0 Å². The van der Waals surface area contributed by atoms with E-state index in [0.717, 1.165) is 19.0 Å². The van der Waals surface area contributed by atoms with Gasteiger partial charge in [0.05, 0.1) is 0 Å². The Morgan fingerprint density at radius 1 is 1.14 bits per heavy atom. The van der Waals surface area contributed by atoms with E-state index in [2.05, 4.69) is 60.4 Å². The molecule has 0 saturated carbocycles. The van der Waals surface area contributed by atoms with Gasteiger partial charge in [-0.15, -0.1) is 0 Å². The Morgan fingerprint density at radius 3 is 2.38 bits per heavy atom. The third-order valence-corrected chi connectivity index (χ3v) is 4.30. The van der Waals surface area contributed by atoms with Gasteiger partial charge in [0, 0.05) is 31.9 Å². The Hall–Kier alpha value is -1.06. The quantitative estimate of drug-likeness (QED) is 0.779. The van der Waals surface area contributed by atoms with Gasteiger partial charge in [-0.1, -0.05) is 19.1 Å². The van der Waals surface area contributed by atoms with Gasteiger partial charge in [-0.2, -0.15) is 0 Å². The Bertz CT molecular complexity index is 391. The molecule has 1 saturated heterocycles. The van der Waals surface area contributed by atoms with Crippen LogP contribution < -0.4 is 10.2 Å². The van der Waals surface area contributed by atoms with Crippen molar-refractivity contribution >= 4 is 5.69 Å². The lowest BCUT2D eigenvalue weighted by molar-refractivity contribution is 0.285. The molecular formula is C18H31N3. The van der Waals surface area contributed by atoms with Gasteiger partial charge in [-0.25, -0.2) is 0 Å². The topological polar surface area (TPSA) is 18.5 Å². The summed E-state index contributed by atoms with van der Waals surface area (Å²) >= 11 is 0. The molecule has 0 radical (unpaired) electrons. The molecule has 0 amide bonds. The Morgan fingerprint density at radius 2 is 1.81 bits per heavy atom. The van der Waals surface area contributed by atoms with Crippen LogP contribution >= 0.6 is 0 Å². The molecule has 0 aliphatic carbocycles. The predicted octanol–water partition coefficient (Wildman–Crippen LogP) is 2.96. The fourth-order valence-corrected chi connectivity index (χ4v) is 3.12. The van der Waals surface area contributed by atoms with Crippen LogP contribution in [0.15, 0.2) is 24.3 Å². The van der Waals surface area contributed by atoms with Crippen molar-refractivity contribution in [2.24, 2.45) is 5.92 Å². The third kappa shape index (κ3) is 5.33. The highest BCUT2D eigenvalue weighted by molar-refractivity contribution is 5.48. The highest BCUT2D eigenvalue weighted by Gasteiger charge is 2.19. The van der Waals surface area contributed by atoms with Gasteiger partial charge < -0.3 is 15.1 Å². The van der Waals surface area contributed by atoms with E-state index in [-0.39, 0.29) is 0 Å². The fraction of sp³-hybridized carbons (Fsp3) is 0.667. The van der Waals surface area contributed by atoms with E-state index in [9.17, 15) is 0 Å². The number of rotatable bonds is 7. The first kappa shape index (κ1) is 16.3. The lowest BCUT2D eigenvalue weighted by atomic mass is 9.96. The molecule has 1 aromatic rings. The van der Waals surface area contributed by atoms with Crippen molar-refractivity contribution < 1.29 is 0 Å². The first-order valence-electron chi connectivity index (χ1n) is 8.38. The number of hydrogen-bond donors (Lipinski definition) is 1. The van der Waals surface area contributed by atoms with Gasteiger partial charge >= 0.3 is 0 Å². The summed E-state index contributed by atoms with van der Waals surface area (Å²) in [6.07, 6.45) is 3.83. The molecule has 0 bridgehead atoms. The smallest absolute Gasteiger partial charge is 0.0366 e. The maximum Gasteiger partial charge on any atom is 0.0366 e. The summed E-state index contributed by atoms with van der Waals surface area (Å²) in [5, 5.41) is 3.46. The average Bonchev–Trinajstić information content (AvgIpc) is 2.49. The second-order valence-electron chi connectivity index (χ2n) is 6.54. The zero-order valence-corrected chi connectivity index (χ0v) is 13.9. The number of hydrogen-bond acceptors (Lipinski definition) is 3. The minimum absolute atomic E-state index is 0.869. The lowest BCUT2D eigenvalue weighted by Crippen LogP contribution is -2.37. The maximum absolute atomic E-state index is 3.46. The van der Waals surface area contributed by atoms with Crippen molar-refractivity contribution in [2.75, 3.05) is 45.2 Å². The summed E-state index contributed by atoms with van der Waals surface area (Å²) in [5.41, 5.74) is 2.77. The summed E-state index contributed by atoms with van der Waals surface area (Å²) in [7, 11) is 4.36. The van der Waals surface area contributed by atoms with E-state index in [1.54, 1.807) is 0 Å². The number of nitrogens with zero attached hydrogens (tertiary/aromatic N) is 2. The zero-order chi connectivity index (χ0) is 15.1. The van der Waals surface area contributed by atoms with E-state index >= 15 is 0 Å². The van der Waals surface area contributed by atoms with Gasteiger partial charge in [0.1, 0.15) is 0 Å². The molecule has 0 spiro atoms. The predicted molar refractivity (Wildman–Crippen MR) is 91.9 cm³/mol. The summed E-state index contributed by atoms with van der Waals surface area (Å²) in [6.45, 7) is 7.92. The molecule has 118 valence electrons. The first-order valence-corrected chi connectivity index (χ1v) is 8.38. The van der Waals surface area contributed by atoms with Crippen molar-refractivity contribution in [3.05, 3.63) is 29.8 Å². The van der Waals surface area contributed by atoms with E-state index in [4.69, 9.17) is 0 Å². The number of anilines is 1. The highest BCUT2D eigenvalue weighted by atomic mass is 15.1. The molecule has 3 heteroatoms. The van der Waals surface area contributed by atoms with Gasteiger partial charge in [-0.05, 0) is 63.5 Å². The molecular weight excluding hydrogens is 258 g/mol. The average molecular weight is 289 g/mol. The molecule has 0 atom stereocenters. The minimum Gasteiger partial charge on any atom is -0.372 e. The van der Waals surface area contributed by atoms with Crippen LogP contribution in [0, 0.1) is 5.92 Å². The molecule has 21 heavy (non-hydrogen) atoms. The van der Waals surface area contributed by atoms with Crippen molar-refractivity contribution in [1.82, 2.24) is 10.2 Å². The summed E-state index contributed by atoms with van der Waals surface area (Å²) in [4.78, 5) is 4.85. The minimum atomic E-state index is 0.869. The van der Waals surface area contributed by atoms with E-state index in [1.807, 2.05) is 0 Å². The van der Waals surface area contributed by atoms with Gasteiger partial charge in [-0.3, -0.25) is 0 Å². The monoisotopic (exact) mass is 289 g/mol. The van der Waals surface area contributed by atoms with Gasteiger partial charge in [0.15, 0.2) is 0 Å². The maximum atomic E-state index is 3.46. The molecule has 1 fully saturated rings. The Labute approximate surface area is 130 Å². The standard InChI is InChI=1S/C18H31N3/c1-4-11-19-14-16-5-7-18(8-6-16)21-12-9-17(10-13-21)15-20(2)3/h5-8,17,19H,4,9-15H2,1-3H3. The molecule has 0 aromatic heterocycles. The van der Waals surface area contributed by atoms with E-state index in [1.165, 1.54) is 50.1 Å². The molecule has 3 nitrogen and oxygen atoms in total.